The van der Waals surface area contributed by atoms with E-state index in [1.54, 1.807) is 0 Å². The molecule has 1 aromatic rings. The molecule has 1 aromatic heterocycles. The molecule has 7 heteroatoms. The maximum absolute atomic E-state index is 12.4. The molecule has 23 heavy (non-hydrogen) atoms. The molecule has 0 spiro atoms. The third-order valence-corrected chi connectivity index (χ3v) is 4.96. The minimum absolute atomic E-state index is 0.274. The van der Waals surface area contributed by atoms with Gasteiger partial charge in [0.25, 0.3) is 0 Å². The van der Waals surface area contributed by atoms with Gasteiger partial charge in [-0.1, -0.05) is 24.4 Å². The number of carbonyl (C=O) groups is 1. The first kappa shape index (κ1) is 16.4. The van der Waals surface area contributed by atoms with Gasteiger partial charge >= 0.3 is 0 Å². The van der Waals surface area contributed by atoms with Crippen LogP contribution in [0, 0.1) is 5.92 Å². The first-order valence-corrected chi connectivity index (χ1v) is 8.76. The largest absolute Gasteiger partial charge is 0.340 e. The molecule has 1 amide bonds. The Bertz CT molecular complexity index is 504. The summed E-state index contributed by atoms with van der Waals surface area (Å²) in [4.78, 5) is 20.9. The Hall–Kier alpha value is -1.47. The number of hydrogen-bond acceptors (Lipinski definition) is 6. The average Bonchev–Trinajstić information content (AvgIpc) is 3.04. The molecule has 128 valence electrons. The molecule has 0 radical (unpaired) electrons. The van der Waals surface area contributed by atoms with E-state index in [2.05, 4.69) is 15.0 Å². The van der Waals surface area contributed by atoms with Crippen LogP contribution in [0.15, 0.2) is 4.52 Å². The summed E-state index contributed by atoms with van der Waals surface area (Å²) in [6, 6.07) is 0. The summed E-state index contributed by atoms with van der Waals surface area (Å²) in [5, 5.41) is 3.92. The Morgan fingerprint density at radius 2 is 1.91 bits per heavy atom. The highest BCUT2D eigenvalue weighted by Gasteiger charge is 2.25. The van der Waals surface area contributed by atoms with Crippen LogP contribution in [0.25, 0.3) is 0 Å². The molecule has 1 saturated carbocycles. The van der Waals surface area contributed by atoms with Crippen LogP contribution in [0.5, 0.6) is 0 Å². The Morgan fingerprint density at radius 3 is 2.57 bits per heavy atom. The average molecular weight is 321 g/mol. The maximum Gasteiger partial charge on any atom is 0.240 e. The van der Waals surface area contributed by atoms with Crippen molar-refractivity contribution in [2.24, 2.45) is 11.7 Å². The molecule has 7 nitrogen and oxygen atoms in total. The van der Waals surface area contributed by atoms with E-state index in [9.17, 15) is 4.79 Å². The van der Waals surface area contributed by atoms with Gasteiger partial charge < -0.3 is 15.2 Å². The van der Waals surface area contributed by atoms with Crippen LogP contribution in [0.2, 0.25) is 0 Å². The van der Waals surface area contributed by atoms with Gasteiger partial charge in [-0.05, 0) is 18.8 Å². The van der Waals surface area contributed by atoms with Gasteiger partial charge in [0.1, 0.15) is 0 Å². The first-order valence-electron chi connectivity index (χ1n) is 8.76. The van der Waals surface area contributed by atoms with E-state index in [0.717, 1.165) is 32.6 Å². The van der Waals surface area contributed by atoms with Crippen molar-refractivity contribution >= 4 is 5.91 Å². The summed E-state index contributed by atoms with van der Waals surface area (Å²) in [5.41, 5.74) is 5.47. The van der Waals surface area contributed by atoms with Gasteiger partial charge in [0, 0.05) is 32.6 Å². The highest BCUT2D eigenvalue weighted by atomic mass is 16.5. The van der Waals surface area contributed by atoms with Gasteiger partial charge in [-0.15, -0.1) is 0 Å². The molecule has 0 bridgehead atoms. The van der Waals surface area contributed by atoms with E-state index < -0.39 is 0 Å². The van der Waals surface area contributed by atoms with Crippen LogP contribution < -0.4 is 5.73 Å². The van der Waals surface area contributed by atoms with E-state index in [-0.39, 0.29) is 6.54 Å². The fourth-order valence-corrected chi connectivity index (χ4v) is 3.56. The fourth-order valence-electron chi connectivity index (χ4n) is 3.56. The van der Waals surface area contributed by atoms with Gasteiger partial charge in [0.15, 0.2) is 5.82 Å². The van der Waals surface area contributed by atoms with Crippen molar-refractivity contribution in [3.63, 3.8) is 0 Å². The molecule has 0 aromatic carbocycles. The van der Waals surface area contributed by atoms with E-state index in [0.29, 0.717) is 30.1 Å². The maximum atomic E-state index is 12.4. The zero-order valence-electron chi connectivity index (χ0n) is 13.7. The number of amides is 1. The number of piperazine rings is 1. The Labute approximate surface area is 137 Å². The molecule has 0 atom stereocenters. The van der Waals surface area contributed by atoms with Gasteiger partial charge in [-0.3, -0.25) is 9.69 Å². The van der Waals surface area contributed by atoms with Crippen molar-refractivity contribution in [3.05, 3.63) is 11.7 Å². The smallest absolute Gasteiger partial charge is 0.240 e. The number of aromatic nitrogens is 2. The lowest BCUT2D eigenvalue weighted by Crippen LogP contribution is -2.48. The molecule has 1 saturated heterocycles. The topological polar surface area (TPSA) is 88.5 Å². The Morgan fingerprint density at radius 1 is 1.17 bits per heavy atom. The lowest BCUT2D eigenvalue weighted by molar-refractivity contribution is -0.134. The predicted molar refractivity (Wildman–Crippen MR) is 85.2 cm³/mol. The lowest BCUT2D eigenvalue weighted by Gasteiger charge is -2.35. The monoisotopic (exact) mass is 321 g/mol. The number of nitrogens with two attached hydrogens (primary N) is 1. The molecular formula is C16H27N5O2. The zero-order valence-corrected chi connectivity index (χ0v) is 13.7. The SMILES string of the molecule is NCc1nc(CN2CCN(C(=O)CC3CCCCC3)CC2)no1. The second-order valence-corrected chi connectivity index (χ2v) is 6.67. The second kappa shape index (κ2) is 7.88. The highest BCUT2D eigenvalue weighted by molar-refractivity contribution is 5.76. The van der Waals surface area contributed by atoms with Crippen LogP contribution in [0.3, 0.4) is 0 Å². The van der Waals surface area contributed by atoms with Gasteiger partial charge in [-0.25, -0.2) is 0 Å². The zero-order chi connectivity index (χ0) is 16.1. The van der Waals surface area contributed by atoms with Crippen molar-refractivity contribution in [2.75, 3.05) is 26.2 Å². The summed E-state index contributed by atoms with van der Waals surface area (Å²) >= 11 is 0. The normalized spacial score (nSPS) is 20.8. The van der Waals surface area contributed by atoms with Crippen molar-refractivity contribution in [1.82, 2.24) is 19.9 Å². The van der Waals surface area contributed by atoms with Crippen LogP contribution in [-0.2, 0) is 17.9 Å². The molecule has 2 N–H and O–H groups in total. The number of hydrogen-bond donors (Lipinski definition) is 1. The summed E-state index contributed by atoms with van der Waals surface area (Å²) < 4.78 is 5.02. The van der Waals surface area contributed by atoms with Gasteiger partial charge in [0.2, 0.25) is 11.8 Å². The van der Waals surface area contributed by atoms with Crippen LogP contribution in [0.1, 0.15) is 50.2 Å². The minimum Gasteiger partial charge on any atom is -0.340 e. The third-order valence-electron chi connectivity index (χ3n) is 4.96. The van der Waals surface area contributed by atoms with Gasteiger partial charge in [0.05, 0.1) is 13.1 Å². The van der Waals surface area contributed by atoms with Crippen molar-refractivity contribution in [2.45, 2.75) is 51.6 Å². The van der Waals surface area contributed by atoms with Crippen LogP contribution >= 0.6 is 0 Å². The minimum atomic E-state index is 0.274. The molecule has 3 rings (SSSR count). The highest BCUT2D eigenvalue weighted by Crippen LogP contribution is 2.27. The van der Waals surface area contributed by atoms with E-state index in [4.69, 9.17) is 10.3 Å². The molecule has 2 fully saturated rings. The summed E-state index contributed by atoms with van der Waals surface area (Å²) in [6.45, 7) is 4.26. The molecule has 2 aliphatic rings. The third kappa shape index (κ3) is 4.51. The number of nitrogens with zero attached hydrogens (tertiary/aromatic N) is 4. The van der Waals surface area contributed by atoms with Crippen molar-refractivity contribution in [1.29, 1.82) is 0 Å². The predicted octanol–water partition coefficient (Wildman–Crippen LogP) is 1.14. The van der Waals surface area contributed by atoms with Crippen molar-refractivity contribution < 1.29 is 9.32 Å². The quantitative estimate of drug-likeness (QED) is 0.875. The summed E-state index contributed by atoms with van der Waals surface area (Å²) in [7, 11) is 0. The molecule has 0 unspecified atom stereocenters. The molecular weight excluding hydrogens is 294 g/mol. The van der Waals surface area contributed by atoms with Crippen LogP contribution in [-0.4, -0.2) is 52.0 Å². The number of rotatable bonds is 5. The summed E-state index contributed by atoms with van der Waals surface area (Å²) in [6.07, 6.45) is 7.12. The number of carbonyl (C=O) groups excluding carboxylic acids is 1. The van der Waals surface area contributed by atoms with E-state index in [1.807, 2.05) is 4.90 Å². The molecule has 2 heterocycles. The van der Waals surface area contributed by atoms with Crippen molar-refractivity contribution in [3.8, 4) is 0 Å². The van der Waals surface area contributed by atoms with E-state index in [1.165, 1.54) is 32.1 Å². The summed E-state index contributed by atoms with van der Waals surface area (Å²) in [5.74, 6) is 2.10. The molecule has 1 aliphatic heterocycles. The fraction of sp³-hybridized carbons (Fsp3) is 0.812. The van der Waals surface area contributed by atoms with Gasteiger partial charge in [-0.2, -0.15) is 4.98 Å². The Balaban J connectivity index is 1.41. The standard InChI is InChI=1S/C16H27N5O2/c17-11-15-18-14(19-23-15)12-20-6-8-21(9-7-20)16(22)10-13-4-2-1-3-5-13/h13H,1-12,17H2. The second-order valence-electron chi connectivity index (χ2n) is 6.67. The Kier molecular flexibility index (Phi) is 5.61. The molecule has 1 aliphatic carbocycles. The van der Waals surface area contributed by atoms with Crippen LogP contribution in [0.4, 0.5) is 0 Å². The van der Waals surface area contributed by atoms with E-state index >= 15 is 0 Å². The lowest BCUT2D eigenvalue weighted by atomic mass is 9.86. The first-order chi connectivity index (χ1) is 11.2.